The highest BCUT2D eigenvalue weighted by molar-refractivity contribution is 6.14. The summed E-state index contributed by atoms with van der Waals surface area (Å²) in [5.74, 6) is -1.65. The molecule has 3 aromatic carbocycles. The number of rotatable bonds is 5. The average molecular weight is 345 g/mol. The maximum absolute atomic E-state index is 14.0. The first-order valence-electron chi connectivity index (χ1n) is 8.07. The molecule has 0 heterocycles. The fourth-order valence-corrected chi connectivity index (χ4v) is 2.45. The van der Waals surface area contributed by atoms with Crippen molar-refractivity contribution in [1.29, 1.82) is 0 Å². The van der Waals surface area contributed by atoms with Gasteiger partial charge < -0.3 is 5.32 Å². The van der Waals surface area contributed by atoms with E-state index < -0.39 is 17.5 Å². The maximum atomic E-state index is 14.0. The van der Waals surface area contributed by atoms with Crippen LogP contribution in [0.3, 0.4) is 0 Å². The van der Waals surface area contributed by atoms with Gasteiger partial charge in [0, 0.05) is 5.56 Å². The summed E-state index contributed by atoms with van der Waals surface area (Å²) in [7, 11) is 0. The number of carbonyl (C=O) groups excluding carboxylic acids is 2. The predicted octanol–water partition coefficient (Wildman–Crippen LogP) is 4.48. The first-order valence-corrected chi connectivity index (χ1v) is 8.07. The third-order valence-electron chi connectivity index (χ3n) is 3.76. The molecule has 3 nitrogen and oxygen atoms in total. The van der Waals surface area contributed by atoms with Crippen LogP contribution < -0.4 is 5.32 Å². The minimum absolute atomic E-state index is 0.00940. The summed E-state index contributed by atoms with van der Waals surface area (Å²) in [5.41, 5.74) is 1.05. The van der Waals surface area contributed by atoms with Crippen LogP contribution in [0.25, 0.3) is 6.08 Å². The smallest absolute Gasteiger partial charge is 0.255 e. The molecule has 0 aliphatic rings. The van der Waals surface area contributed by atoms with Crippen molar-refractivity contribution in [2.45, 2.75) is 0 Å². The van der Waals surface area contributed by atoms with E-state index in [1.54, 1.807) is 48.5 Å². The number of hydrogen-bond donors (Lipinski definition) is 1. The monoisotopic (exact) mass is 345 g/mol. The molecular weight excluding hydrogens is 329 g/mol. The predicted molar refractivity (Wildman–Crippen MR) is 99.1 cm³/mol. The Hall–Kier alpha value is -3.53. The molecular formula is C22H16FNO2. The Kier molecular flexibility index (Phi) is 5.34. The Morgan fingerprint density at radius 3 is 2.00 bits per heavy atom. The lowest BCUT2D eigenvalue weighted by Crippen LogP contribution is -2.27. The summed E-state index contributed by atoms with van der Waals surface area (Å²) in [5, 5.41) is 2.61. The van der Waals surface area contributed by atoms with Crippen molar-refractivity contribution in [2.75, 3.05) is 0 Å². The van der Waals surface area contributed by atoms with Crippen LogP contribution in [0.15, 0.2) is 90.6 Å². The van der Waals surface area contributed by atoms with Gasteiger partial charge in [0.15, 0.2) is 0 Å². The minimum Gasteiger partial charge on any atom is -0.319 e. The SMILES string of the molecule is O=C(NC(=Cc1ccccc1)C(=O)c1ccccc1F)c1ccccc1. The normalized spacial score (nSPS) is 11.0. The molecule has 1 amide bonds. The van der Waals surface area contributed by atoms with E-state index >= 15 is 0 Å². The standard InChI is InChI=1S/C22H16FNO2/c23-19-14-8-7-13-18(19)21(25)20(15-16-9-3-1-4-10-16)24-22(26)17-11-5-2-6-12-17/h1-15H,(H,24,26). The first-order chi connectivity index (χ1) is 12.6. The number of hydrogen-bond acceptors (Lipinski definition) is 2. The molecule has 26 heavy (non-hydrogen) atoms. The Labute approximate surface area is 150 Å². The molecule has 0 radical (unpaired) electrons. The molecule has 0 aliphatic carbocycles. The zero-order valence-electron chi connectivity index (χ0n) is 13.9. The Morgan fingerprint density at radius 2 is 1.35 bits per heavy atom. The number of nitrogens with one attached hydrogen (secondary N) is 1. The molecule has 3 rings (SSSR count). The Morgan fingerprint density at radius 1 is 0.769 bits per heavy atom. The molecule has 0 fully saturated rings. The van der Waals surface area contributed by atoms with Crippen LogP contribution in [0.4, 0.5) is 4.39 Å². The van der Waals surface area contributed by atoms with Crippen LogP contribution in [-0.4, -0.2) is 11.7 Å². The first kappa shape index (κ1) is 17.3. The Balaban J connectivity index is 1.97. The number of benzene rings is 3. The average Bonchev–Trinajstić information content (AvgIpc) is 2.69. The highest BCUT2D eigenvalue weighted by Gasteiger charge is 2.19. The topological polar surface area (TPSA) is 46.2 Å². The summed E-state index contributed by atoms with van der Waals surface area (Å²) in [6.07, 6.45) is 1.54. The van der Waals surface area contributed by atoms with Crippen molar-refractivity contribution in [3.05, 3.63) is 113 Å². The highest BCUT2D eigenvalue weighted by atomic mass is 19.1. The van der Waals surface area contributed by atoms with Gasteiger partial charge in [0.05, 0.1) is 11.3 Å². The number of carbonyl (C=O) groups is 2. The molecule has 0 saturated carbocycles. The maximum Gasteiger partial charge on any atom is 0.255 e. The van der Waals surface area contributed by atoms with E-state index in [9.17, 15) is 14.0 Å². The van der Waals surface area contributed by atoms with Gasteiger partial charge >= 0.3 is 0 Å². The molecule has 0 aromatic heterocycles. The fraction of sp³-hybridized carbons (Fsp3) is 0. The van der Waals surface area contributed by atoms with Crippen molar-refractivity contribution in [1.82, 2.24) is 5.32 Å². The molecule has 0 atom stereocenters. The van der Waals surface area contributed by atoms with Crippen molar-refractivity contribution in [3.63, 3.8) is 0 Å². The lowest BCUT2D eigenvalue weighted by atomic mass is 10.0. The van der Waals surface area contributed by atoms with Crippen LogP contribution in [0.1, 0.15) is 26.3 Å². The van der Waals surface area contributed by atoms with Gasteiger partial charge in [0.1, 0.15) is 5.82 Å². The van der Waals surface area contributed by atoms with Gasteiger partial charge in [-0.3, -0.25) is 9.59 Å². The fourth-order valence-electron chi connectivity index (χ4n) is 2.45. The molecule has 0 bridgehead atoms. The van der Waals surface area contributed by atoms with Crippen molar-refractivity contribution >= 4 is 17.8 Å². The van der Waals surface area contributed by atoms with Crippen molar-refractivity contribution in [2.24, 2.45) is 0 Å². The molecule has 0 unspecified atom stereocenters. The number of halogens is 1. The molecule has 0 spiro atoms. The van der Waals surface area contributed by atoms with Crippen LogP contribution in [-0.2, 0) is 0 Å². The third-order valence-corrected chi connectivity index (χ3v) is 3.76. The second kappa shape index (κ2) is 8.03. The largest absolute Gasteiger partial charge is 0.319 e. The molecule has 3 aromatic rings. The van der Waals surface area contributed by atoms with Crippen LogP contribution in [0, 0.1) is 5.82 Å². The Bertz CT molecular complexity index is 950. The number of allylic oxidation sites excluding steroid dienone is 1. The number of amides is 1. The van der Waals surface area contributed by atoms with E-state index in [2.05, 4.69) is 5.32 Å². The molecule has 0 saturated heterocycles. The van der Waals surface area contributed by atoms with Crippen molar-refractivity contribution in [3.8, 4) is 0 Å². The van der Waals surface area contributed by atoms with Gasteiger partial charge in [-0.2, -0.15) is 0 Å². The van der Waals surface area contributed by atoms with Crippen LogP contribution in [0.5, 0.6) is 0 Å². The lowest BCUT2D eigenvalue weighted by Gasteiger charge is -2.10. The van der Waals surface area contributed by atoms with E-state index in [-0.39, 0.29) is 11.3 Å². The molecule has 128 valence electrons. The number of ketones is 1. The quantitative estimate of drug-likeness (QED) is 0.547. The van der Waals surface area contributed by atoms with Gasteiger partial charge in [0.2, 0.25) is 5.78 Å². The van der Waals surface area contributed by atoms with Gasteiger partial charge in [-0.15, -0.1) is 0 Å². The third kappa shape index (κ3) is 4.11. The zero-order chi connectivity index (χ0) is 18.4. The summed E-state index contributed by atoms with van der Waals surface area (Å²) in [6, 6.07) is 23.3. The highest BCUT2D eigenvalue weighted by Crippen LogP contribution is 2.15. The summed E-state index contributed by atoms with van der Waals surface area (Å²) >= 11 is 0. The van der Waals surface area contributed by atoms with E-state index in [4.69, 9.17) is 0 Å². The lowest BCUT2D eigenvalue weighted by molar-refractivity contribution is 0.0933. The van der Waals surface area contributed by atoms with Crippen LogP contribution >= 0.6 is 0 Å². The van der Waals surface area contributed by atoms with Crippen LogP contribution in [0.2, 0.25) is 0 Å². The zero-order valence-corrected chi connectivity index (χ0v) is 13.9. The van der Waals surface area contributed by atoms with Gasteiger partial charge in [-0.25, -0.2) is 4.39 Å². The van der Waals surface area contributed by atoms with E-state index in [0.29, 0.717) is 5.56 Å². The summed E-state index contributed by atoms with van der Waals surface area (Å²) in [6.45, 7) is 0. The minimum atomic E-state index is -0.634. The molecule has 0 aliphatic heterocycles. The molecule has 1 N–H and O–H groups in total. The second-order valence-electron chi connectivity index (χ2n) is 5.60. The van der Waals surface area contributed by atoms with E-state index in [1.807, 2.05) is 18.2 Å². The van der Waals surface area contributed by atoms with Gasteiger partial charge in [0.25, 0.3) is 5.91 Å². The van der Waals surface area contributed by atoms with Gasteiger partial charge in [-0.1, -0.05) is 60.7 Å². The number of Topliss-reactive ketones (excluding diaryl/α,β-unsaturated/α-hetero) is 1. The van der Waals surface area contributed by atoms with E-state index in [0.717, 1.165) is 5.56 Å². The summed E-state index contributed by atoms with van der Waals surface area (Å²) in [4.78, 5) is 25.3. The van der Waals surface area contributed by atoms with Gasteiger partial charge in [-0.05, 0) is 35.9 Å². The summed E-state index contributed by atoms with van der Waals surface area (Å²) < 4.78 is 14.0. The second-order valence-corrected chi connectivity index (χ2v) is 5.60. The van der Waals surface area contributed by atoms with E-state index in [1.165, 1.54) is 24.3 Å². The molecule has 4 heteroatoms. The van der Waals surface area contributed by atoms with Crippen molar-refractivity contribution < 1.29 is 14.0 Å².